The monoisotopic (exact) mass is 502 g/mol. The number of halogens is 4. The van der Waals surface area contributed by atoms with Crippen LogP contribution >= 0.6 is 11.6 Å². The number of carbonyl (C=O) groups is 1. The molecule has 1 N–H and O–H groups in total. The van der Waals surface area contributed by atoms with E-state index in [9.17, 15) is 23.2 Å². The van der Waals surface area contributed by atoms with Crippen molar-refractivity contribution in [3.63, 3.8) is 0 Å². The SMILES string of the molecule is CC(C)[C@H](Nc1ccc(C(F)(F)F)cc1Cl)C(=O)OC(C#N)c1cccc(Oc2ccccc2)c1. The average Bonchev–Trinajstić information content (AvgIpc) is 2.81. The maximum atomic E-state index is 13.0. The molecule has 35 heavy (non-hydrogen) atoms. The molecule has 0 aliphatic carbocycles. The minimum Gasteiger partial charge on any atom is -0.457 e. The molecule has 0 radical (unpaired) electrons. The van der Waals surface area contributed by atoms with Crippen LogP contribution in [0.2, 0.25) is 5.02 Å². The van der Waals surface area contributed by atoms with Crippen molar-refractivity contribution < 1.29 is 27.4 Å². The Kier molecular flexibility index (Phi) is 8.26. The van der Waals surface area contributed by atoms with Crippen LogP contribution < -0.4 is 10.1 Å². The number of nitrogens with zero attached hydrogens (tertiary/aromatic N) is 1. The van der Waals surface area contributed by atoms with Crippen LogP contribution in [0.4, 0.5) is 18.9 Å². The molecule has 0 amide bonds. The molecule has 0 fully saturated rings. The molecule has 182 valence electrons. The number of ether oxygens (including phenoxy) is 2. The lowest BCUT2D eigenvalue weighted by Crippen LogP contribution is -2.36. The van der Waals surface area contributed by atoms with E-state index in [0.29, 0.717) is 17.1 Å². The van der Waals surface area contributed by atoms with E-state index in [2.05, 4.69) is 5.32 Å². The van der Waals surface area contributed by atoms with Gasteiger partial charge < -0.3 is 14.8 Å². The lowest BCUT2D eigenvalue weighted by Gasteiger charge is -2.24. The minimum absolute atomic E-state index is 0.141. The largest absolute Gasteiger partial charge is 0.457 e. The zero-order valence-electron chi connectivity index (χ0n) is 18.8. The number of para-hydroxylation sites is 1. The normalized spacial score (nSPS) is 13.0. The van der Waals surface area contributed by atoms with E-state index in [0.717, 1.165) is 18.2 Å². The summed E-state index contributed by atoms with van der Waals surface area (Å²) in [5, 5.41) is 12.3. The van der Waals surface area contributed by atoms with Gasteiger partial charge >= 0.3 is 12.1 Å². The summed E-state index contributed by atoms with van der Waals surface area (Å²) < 4.78 is 50.0. The first kappa shape index (κ1) is 25.9. The summed E-state index contributed by atoms with van der Waals surface area (Å²) in [5.74, 6) is -0.0161. The number of rotatable bonds is 8. The lowest BCUT2D eigenvalue weighted by molar-refractivity contribution is -0.149. The second-order valence-electron chi connectivity index (χ2n) is 7.99. The highest BCUT2D eigenvalue weighted by molar-refractivity contribution is 6.33. The Labute approximate surface area is 206 Å². The van der Waals surface area contributed by atoms with Gasteiger partial charge in [0.1, 0.15) is 23.6 Å². The number of esters is 1. The van der Waals surface area contributed by atoms with Crippen LogP contribution in [0.1, 0.15) is 31.1 Å². The van der Waals surface area contributed by atoms with Gasteiger partial charge in [-0.05, 0) is 48.4 Å². The molecule has 3 aromatic carbocycles. The fraction of sp³-hybridized carbons (Fsp3) is 0.231. The molecule has 0 aliphatic heterocycles. The number of carbonyl (C=O) groups excluding carboxylic acids is 1. The third kappa shape index (κ3) is 6.90. The predicted octanol–water partition coefficient (Wildman–Crippen LogP) is 7.40. The molecule has 9 heteroatoms. The Bertz CT molecular complexity index is 1210. The van der Waals surface area contributed by atoms with E-state index in [-0.39, 0.29) is 16.6 Å². The molecule has 0 heterocycles. The van der Waals surface area contributed by atoms with Gasteiger partial charge in [0.25, 0.3) is 0 Å². The fourth-order valence-electron chi connectivity index (χ4n) is 3.20. The van der Waals surface area contributed by atoms with Gasteiger partial charge in [0.15, 0.2) is 0 Å². The lowest BCUT2D eigenvalue weighted by atomic mass is 10.0. The zero-order valence-corrected chi connectivity index (χ0v) is 19.6. The molecule has 0 saturated heterocycles. The van der Waals surface area contributed by atoms with Crippen LogP contribution in [-0.2, 0) is 15.7 Å². The maximum absolute atomic E-state index is 13.0. The molecule has 1 unspecified atom stereocenters. The first-order chi connectivity index (χ1) is 16.6. The van der Waals surface area contributed by atoms with Gasteiger partial charge in [0.05, 0.1) is 16.3 Å². The quantitative estimate of drug-likeness (QED) is 0.325. The Morgan fingerprint density at radius 2 is 1.69 bits per heavy atom. The topological polar surface area (TPSA) is 71.3 Å². The van der Waals surface area contributed by atoms with Crippen molar-refractivity contribution in [1.82, 2.24) is 0 Å². The van der Waals surface area contributed by atoms with Gasteiger partial charge in [-0.2, -0.15) is 18.4 Å². The number of anilines is 1. The molecule has 0 bridgehead atoms. The zero-order chi connectivity index (χ0) is 25.6. The summed E-state index contributed by atoms with van der Waals surface area (Å²) >= 11 is 6.02. The number of alkyl halides is 3. The molecule has 0 aliphatic rings. The highest BCUT2D eigenvalue weighted by atomic mass is 35.5. The Morgan fingerprint density at radius 3 is 2.29 bits per heavy atom. The number of nitrogens with one attached hydrogen (secondary N) is 1. The van der Waals surface area contributed by atoms with Gasteiger partial charge in [0.2, 0.25) is 6.10 Å². The van der Waals surface area contributed by atoms with E-state index >= 15 is 0 Å². The van der Waals surface area contributed by atoms with Crippen LogP contribution in [0.25, 0.3) is 0 Å². The fourth-order valence-corrected chi connectivity index (χ4v) is 3.43. The maximum Gasteiger partial charge on any atom is 0.416 e. The number of nitriles is 1. The van der Waals surface area contributed by atoms with Crippen molar-refractivity contribution in [2.75, 3.05) is 5.32 Å². The standard InChI is InChI=1S/C26H22ClF3N2O3/c1-16(2)24(32-22-12-11-18(14-21(22)27)26(28,29)30)25(33)35-23(15-31)17-7-6-10-20(13-17)34-19-8-4-3-5-9-19/h3-14,16,23-24,32H,1-2H3/t23?,24-/m0/s1. The highest BCUT2D eigenvalue weighted by Gasteiger charge is 2.32. The minimum atomic E-state index is -4.54. The summed E-state index contributed by atoms with van der Waals surface area (Å²) in [7, 11) is 0. The van der Waals surface area contributed by atoms with Crippen molar-refractivity contribution in [3.05, 3.63) is 88.9 Å². The molecule has 3 aromatic rings. The van der Waals surface area contributed by atoms with E-state index in [1.165, 1.54) is 0 Å². The van der Waals surface area contributed by atoms with Crippen molar-refractivity contribution in [2.24, 2.45) is 5.92 Å². The number of hydrogen-bond acceptors (Lipinski definition) is 5. The third-order valence-electron chi connectivity index (χ3n) is 5.02. The summed E-state index contributed by atoms with van der Waals surface area (Å²) in [6.45, 7) is 3.46. The number of hydrogen-bond donors (Lipinski definition) is 1. The van der Waals surface area contributed by atoms with Crippen molar-refractivity contribution in [3.8, 4) is 17.6 Å². The van der Waals surface area contributed by atoms with E-state index in [4.69, 9.17) is 21.1 Å². The summed E-state index contributed by atoms with van der Waals surface area (Å²) in [6.07, 6.45) is -5.77. The molecular weight excluding hydrogens is 481 g/mol. The highest BCUT2D eigenvalue weighted by Crippen LogP contribution is 2.34. The summed E-state index contributed by atoms with van der Waals surface area (Å²) in [4.78, 5) is 13.0. The van der Waals surface area contributed by atoms with Crippen LogP contribution in [0.5, 0.6) is 11.5 Å². The Hall–Kier alpha value is -3.70. The van der Waals surface area contributed by atoms with E-state index in [1.54, 1.807) is 50.2 Å². The predicted molar refractivity (Wildman–Crippen MR) is 126 cm³/mol. The van der Waals surface area contributed by atoms with Gasteiger partial charge in [-0.25, -0.2) is 4.79 Å². The van der Waals surface area contributed by atoms with Crippen LogP contribution in [-0.4, -0.2) is 12.0 Å². The number of benzene rings is 3. The summed E-state index contributed by atoms with van der Waals surface area (Å²) in [6, 6.07) is 19.4. The third-order valence-corrected chi connectivity index (χ3v) is 5.33. The summed E-state index contributed by atoms with van der Waals surface area (Å²) in [5.41, 5.74) is -0.356. The van der Waals surface area contributed by atoms with Gasteiger partial charge in [-0.15, -0.1) is 0 Å². The second kappa shape index (κ2) is 11.2. The van der Waals surface area contributed by atoms with Crippen molar-refractivity contribution in [1.29, 1.82) is 5.26 Å². The molecule has 0 saturated carbocycles. The average molecular weight is 503 g/mol. The molecule has 2 atom stereocenters. The molecule has 3 rings (SSSR count). The Morgan fingerprint density at radius 1 is 1.00 bits per heavy atom. The second-order valence-corrected chi connectivity index (χ2v) is 8.40. The van der Waals surface area contributed by atoms with Crippen molar-refractivity contribution >= 4 is 23.3 Å². The van der Waals surface area contributed by atoms with Crippen molar-refractivity contribution in [2.45, 2.75) is 32.2 Å². The van der Waals surface area contributed by atoms with E-state index < -0.39 is 29.9 Å². The first-order valence-corrected chi connectivity index (χ1v) is 11.0. The molecule has 0 spiro atoms. The van der Waals surface area contributed by atoms with Gasteiger partial charge in [0, 0.05) is 5.56 Å². The van der Waals surface area contributed by atoms with Crippen LogP contribution in [0.15, 0.2) is 72.8 Å². The molecular formula is C26H22ClF3N2O3. The van der Waals surface area contributed by atoms with Gasteiger partial charge in [-0.1, -0.05) is 55.8 Å². The Balaban J connectivity index is 1.75. The molecule has 0 aromatic heterocycles. The van der Waals surface area contributed by atoms with Crippen LogP contribution in [0.3, 0.4) is 0 Å². The van der Waals surface area contributed by atoms with Crippen LogP contribution in [0, 0.1) is 17.2 Å². The van der Waals surface area contributed by atoms with Gasteiger partial charge in [-0.3, -0.25) is 0 Å². The first-order valence-electron chi connectivity index (χ1n) is 10.6. The van der Waals surface area contributed by atoms with E-state index in [1.807, 2.05) is 24.3 Å². The molecule has 5 nitrogen and oxygen atoms in total. The smallest absolute Gasteiger partial charge is 0.416 e.